The average Bonchev–Trinajstić information content (AvgIpc) is 2.28. The normalized spacial score (nSPS) is 42.9. The fraction of sp³-hybridized carbons (Fsp3) is 0.846. The molecule has 0 amide bonds. The van der Waals surface area contributed by atoms with Crippen molar-refractivity contribution in [2.24, 2.45) is 17.3 Å². The van der Waals surface area contributed by atoms with Crippen LogP contribution >= 0.6 is 0 Å². The van der Waals surface area contributed by atoms with Crippen LogP contribution < -0.4 is 0 Å². The van der Waals surface area contributed by atoms with Crippen molar-refractivity contribution in [2.45, 2.75) is 44.9 Å². The zero-order valence-corrected chi connectivity index (χ0v) is 9.04. The van der Waals surface area contributed by atoms with Crippen LogP contribution in [0, 0.1) is 17.3 Å². The number of hydrogen-bond donors (Lipinski definition) is 1. The second-order valence-electron chi connectivity index (χ2n) is 5.12. The molecule has 2 rings (SSSR count). The van der Waals surface area contributed by atoms with E-state index < -0.39 is 0 Å². The van der Waals surface area contributed by atoms with E-state index >= 15 is 0 Å². The highest BCUT2D eigenvalue weighted by Crippen LogP contribution is 2.53. The lowest BCUT2D eigenvalue weighted by Crippen LogP contribution is -2.41. The zero-order valence-electron chi connectivity index (χ0n) is 9.04. The fourth-order valence-corrected chi connectivity index (χ4v) is 3.78. The van der Waals surface area contributed by atoms with Crippen molar-refractivity contribution in [3.63, 3.8) is 0 Å². The number of allylic oxidation sites excluding steroid dienone is 1. The van der Waals surface area contributed by atoms with E-state index in [1.54, 1.807) is 0 Å². The Morgan fingerprint density at radius 1 is 1.21 bits per heavy atom. The van der Waals surface area contributed by atoms with Crippen LogP contribution in [0.3, 0.4) is 0 Å². The van der Waals surface area contributed by atoms with Gasteiger partial charge in [-0.15, -0.1) is 6.58 Å². The molecule has 1 N–H and O–H groups in total. The minimum Gasteiger partial charge on any atom is -0.396 e. The van der Waals surface area contributed by atoms with Gasteiger partial charge in [-0.3, -0.25) is 0 Å². The molecule has 0 radical (unpaired) electrons. The van der Waals surface area contributed by atoms with E-state index in [4.69, 9.17) is 0 Å². The van der Waals surface area contributed by atoms with Crippen LogP contribution in [0.5, 0.6) is 0 Å². The summed E-state index contributed by atoms with van der Waals surface area (Å²) in [7, 11) is 0. The van der Waals surface area contributed by atoms with E-state index in [-0.39, 0.29) is 0 Å². The quantitative estimate of drug-likeness (QED) is 0.670. The molecule has 80 valence electrons. The van der Waals surface area contributed by atoms with Gasteiger partial charge in [0.2, 0.25) is 0 Å². The van der Waals surface area contributed by atoms with E-state index in [1.165, 1.54) is 44.9 Å². The molecule has 0 aromatic heterocycles. The van der Waals surface area contributed by atoms with Gasteiger partial charge in [0.25, 0.3) is 0 Å². The molecular weight excluding hydrogens is 172 g/mol. The van der Waals surface area contributed by atoms with Gasteiger partial charge < -0.3 is 5.11 Å². The molecule has 0 aromatic rings. The number of rotatable bonds is 2. The fourth-order valence-electron chi connectivity index (χ4n) is 3.78. The van der Waals surface area contributed by atoms with E-state index in [0.29, 0.717) is 17.9 Å². The molecule has 0 bridgehead atoms. The first-order valence-corrected chi connectivity index (χ1v) is 6.07. The van der Waals surface area contributed by atoms with Crippen molar-refractivity contribution in [1.29, 1.82) is 0 Å². The van der Waals surface area contributed by atoms with Crippen LogP contribution in [0.2, 0.25) is 0 Å². The molecule has 2 fully saturated rings. The predicted octanol–water partition coefficient (Wildman–Crippen LogP) is 3.14. The standard InChI is InChI=1S/C13H22O/c1-2-13-8-4-3-7-12(13)11(10-14)6-5-9-13/h2,11-12,14H,1,3-10H2. The topological polar surface area (TPSA) is 20.2 Å². The Labute approximate surface area is 87.2 Å². The molecule has 0 saturated heterocycles. The lowest BCUT2D eigenvalue weighted by molar-refractivity contribution is 0.0128. The molecule has 2 saturated carbocycles. The monoisotopic (exact) mass is 194 g/mol. The van der Waals surface area contributed by atoms with Crippen LogP contribution in [0.25, 0.3) is 0 Å². The number of fused-ring (bicyclic) bond motifs is 1. The maximum absolute atomic E-state index is 9.41. The van der Waals surface area contributed by atoms with Gasteiger partial charge in [0.05, 0.1) is 0 Å². The Balaban J connectivity index is 2.19. The minimum absolute atomic E-state index is 0.389. The molecule has 1 nitrogen and oxygen atoms in total. The second-order valence-corrected chi connectivity index (χ2v) is 5.12. The number of aliphatic hydroxyl groups is 1. The molecule has 3 unspecified atom stereocenters. The van der Waals surface area contributed by atoms with Gasteiger partial charge in [-0.1, -0.05) is 25.3 Å². The summed E-state index contributed by atoms with van der Waals surface area (Å²) >= 11 is 0. The Bertz CT molecular complexity index is 207. The van der Waals surface area contributed by atoms with E-state index in [9.17, 15) is 5.11 Å². The van der Waals surface area contributed by atoms with E-state index in [0.717, 1.165) is 5.92 Å². The Morgan fingerprint density at radius 3 is 2.71 bits per heavy atom. The van der Waals surface area contributed by atoms with Crippen LogP contribution in [-0.2, 0) is 0 Å². The maximum Gasteiger partial charge on any atom is 0.0462 e. The summed E-state index contributed by atoms with van der Waals surface area (Å²) in [6.07, 6.45) is 11.4. The summed E-state index contributed by atoms with van der Waals surface area (Å²) in [6.45, 7) is 4.44. The third-order valence-electron chi connectivity index (χ3n) is 4.57. The smallest absolute Gasteiger partial charge is 0.0462 e. The second kappa shape index (κ2) is 4.06. The highest BCUT2D eigenvalue weighted by atomic mass is 16.3. The molecular formula is C13H22O. The third-order valence-corrected chi connectivity index (χ3v) is 4.57. The van der Waals surface area contributed by atoms with Crippen molar-refractivity contribution in [1.82, 2.24) is 0 Å². The highest BCUT2D eigenvalue weighted by molar-refractivity contribution is 5.05. The first-order valence-electron chi connectivity index (χ1n) is 6.07. The summed E-state index contributed by atoms with van der Waals surface area (Å²) in [6, 6.07) is 0. The molecule has 0 aromatic carbocycles. The molecule has 0 aliphatic heterocycles. The summed E-state index contributed by atoms with van der Waals surface area (Å²) in [5.41, 5.74) is 0.393. The minimum atomic E-state index is 0.389. The van der Waals surface area contributed by atoms with Gasteiger partial charge in [-0.2, -0.15) is 0 Å². The van der Waals surface area contributed by atoms with Crippen molar-refractivity contribution >= 4 is 0 Å². The van der Waals surface area contributed by atoms with Crippen LogP contribution in [0.15, 0.2) is 12.7 Å². The highest BCUT2D eigenvalue weighted by Gasteiger charge is 2.44. The molecule has 0 spiro atoms. The largest absolute Gasteiger partial charge is 0.396 e. The van der Waals surface area contributed by atoms with Gasteiger partial charge in [0, 0.05) is 6.61 Å². The van der Waals surface area contributed by atoms with Gasteiger partial charge in [0.15, 0.2) is 0 Å². The third kappa shape index (κ3) is 1.52. The van der Waals surface area contributed by atoms with Crippen molar-refractivity contribution < 1.29 is 5.11 Å². The summed E-state index contributed by atoms with van der Waals surface area (Å²) in [5.74, 6) is 1.29. The molecule has 0 heterocycles. The maximum atomic E-state index is 9.41. The van der Waals surface area contributed by atoms with Gasteiger partial charge in [-0.25, -0.2) is 0 Å². The average molecular weight is 194 g/mol. The van der Waals surface area contributed by atoms with Gasteiger partial charge in [0.1, 0.15) is 0 Å². The van der Waals surface area contributed by atoms with Crippen LogP contribution in [-0.4, -0.2) is 11.7 Å². The summed E-state index contributed by atoms with van der Waals surface area (Å²) in [4.78, 5) is 0. The Kier molecular flexibility index (Phi) is 2.96. The number of aliphatic hydroxyl groups excluding tert-OH is 1. The first-order chi connectivity index (χ1) is 6.82. The van der Waals surface area contributed by atoms with Gasteiger partial charge >= 0.3 is 0 Å². The molecule has 2 aliphatic rings. The van der Waals surface area contributed by atoms with Crippen molar-refractivity contribution in [3.8, 4) is 0 Å². The number of hydrogen-bond acceptors (Lipinski definition) is 1. The molecule has 3 atom stereocenters. The van der Waals surface area contributed by atoms with Gasteiger partial charge in [-0.05, 0) is 42.9 Å². The lowest BCUT2D eigenvalue weighted by atomic mass is 9.56. The molecule has 14 heavy (non-hydrogen) atoms. The SMILES string of the molecule is C=CC12CCCCC1C(CO)CCC2. The van der Waals surface area contributed by atoms with Crippen molar-refractivity contribution in [3.05, 3.63) is 12.7 Å². The van der Waals surface area contributed by atoms with E-state index in [1.807, 2.05) is 0 Å². The summed E-state index contributed by atoms with van der Waals surface area (Å²) < 4.78 is 0. The van der Waals surface area contributed by atoms with Crippen LogP contribution in [0.4, 0.5) is 0 Å². The predicted molar refractivity (Wildman–Crippen MR) is 59.0 cm³/mol. The summed E-state index contributed by atoms with van der Waals surface area (Å²) in [5, 5.41) is 9.41. The Hall–Kier alpha value is -0.300. The molecule has 1 heteroatoms. The van der Waals surface area contributed by atoms with Crippen molar-refractivity contribution in [2.75, 3.05) is 6.61 Å². The molecule has 2 aliphatic carbocycles. The van der Waals surface area contributed by atoms with E-state index in [2.05, 4.69) is 12.7 Å². The Morgan fingerprint density at radius 2 is 2.00 bits per heavy atom. The lowest BCUT2D eigenvalue weighted by Gasteiger charge is -2.49. The van der Waals surface area contributed by atoms with Crippen LogP contribution in [0.1, 0.15) is 44.9 Å². The zero-order chi connectivity index (χ0) is 10.0. The first kappa shape index (κ1) is 10.2.